The molecule has 4 rings (SSSR count). The number of halogens is 1. The molecular weight excluding hydrogens is 324 g/mol. The summed E-state index contributed by atoms with van der Waals surface area (Å²) in [6.45, 7) is 0.257. The molecule has 3 aromatic carbocycles. The first kappa shape index (κ1) is 14.7. The summed E-state index contributed by atoms with van der Waals surface area (Å²) in [5, 5.41) is 14.5. The molecule has 0 saturated heterocycles. The number of tetrazole rings is 1. The SMILES string of the molecule is Clc1ccc(OCc2nnnn2-c2ccccc2)c2ccccc12. The molecule has 0 amide bonds. The molecule has 0 spiro atoms. The van der Waals surface area contributed by atoms with Crippen molar-refractivity contribution in [3.8, 4) is 11.4 Å². The molecule has 0 saturated carbocycles. The van der Waals surface area contributed by atoms with Gasteiger partial charge in [-0.1, -0.05) is 54.1 Å². The third-order valence-corrected chi connectivity index (χ3v) is 4.05. The number of para-hydroxylation sites is 1. The van der Waals surface area contributed by atoms with E-state index in [1.807, 2.05) is 66.7 Å². The number of hydrogen-bond donors (Lipinski definition) is 0. The predicted molar refractivity (Wildman–Crippen MR) is 92.4 cm³/mol. The van der Waals surface area contributed by atoms with Gasteiger partial charge in [0, 0.05) is 15.8 Å². The highest BCUT2D eigenvalue weighted by atomic mass is 35.5. The van der Waals surface area contributed by atoms with Gasteiger partial charge >= 0.3 is 0 Å². The van der Waals surface area contributed by atoms with Crippen LogP contribution >= 0.6 is 11.6 Å². The summed E-state index contributed by atoms with van der Waals surface area (Å²) in [6, 6.07) is 21.3. The summed E-state index contributed by atoms with van der Waals surface area (Å²) in [7, 11) is 0. The van der Waals surface area contributed by atoms with E-state index < -0.39 is 0 Å². The Balaban J connectivity index is 1.63. The fraction of sp³-hybridized carbons (Fsp3) is 0.0556. The summed E-state index contributed by atoms with van der Waals surface area (Å²) < 4.78 is 7.62. The maximum Gasteiger partial charge on any atom is 0.194 e. The molecule has 4 aromatic rings. The van der Waals surface area contributed by atoms with Crippen LogP contribution in [0.3, 0.4) is 0 Å². The van der Waals surface area contributed by atoms with E-state index >= 15 is 0 Å². The maximum atomic E-state index is 6.24. The Morgan fingerprint density at radius 2 is 1.62 bits per heavy atom. The van der Waals surface area contributed by atoms with Gasteiger partial charge in [-0.05, 0) is 34.7 Å². The number of rotatable bonds is 4. The topological polar surface area (TPSA) is 52.8 Å². The number of ether oxygens (including phenoxy) is 1. The maximum absolute atomic E-state index is 6.24. The molecule has 0 aliphatic heterocycles. The van der Waals surface area contributed by atoms with Crippen molar-refractivity contribution in [2.75, 3.05) is 0 Å². The molecule has 0 atom stereocenters. The Morgan fingerprint density at radius 3 is 2.46 bits per heavy atom. The van der Waals surface area contributed by atoms with E-state index in [4.69, 9.17) is 16.3 Å². The average molecular weight is 337 g/mol. The lowest BCUT2D eigenvalue weighted by molar-refractivity contribution is 0.296. The summed E-state index contributed by atoms with van der Waals surface area (Å²) >= 11 is 6.24. The number of aromatic nitrogens is 4. The Morgan fingerprint density at radius 1 is 0.875 bits per heavy atom. The average Bonchev–Trinajstić information content (AvgIpc) is 3.11. The molecule has 0 radical (unpaired) electrons. The van der Waals surface area contributed by atoms with Crippen molar-refractivity contribution < 1.29 is 4.74 Å². The first-order valence-electron chi connectivity index (χ1n) is 7.45. The fourth-order valence-electron chi connectivity index (χ4n) is 2.57. The molecule has 0 aliphatic carbocycles. The minimum Gasteiger partial charge on any atom is -0.485 e. The largest absolute Gasteiger partial charge is 0.485 e. The van der Waals surface area contributed by atoms with Crippen LogP contribution in [-0.4, -0.2) is 20.2 Å². The highest BCUT2D eigenvalue weighted by Crippen LogP contribution is 2.31. The van der Waals surface area contributed by atoms with E-state index in [2.05, 4.69) is 15.5 Å². The molecule has 24 heavy (non-hydrogen) atoms. The minimum atomic E-state index is 0.257. The minimum absolute atomic E-state index is 0.257. The van der Waals surface area contributed by atoms with Crippen molar-refractivity contribution in [1.82, 2.24) is 20.2 Å². The number of fused-ring (bicyclic) bond motifs is 1. The van der Waals surface area contributed by atoms with Gasteiger partial charge in [-0.2, -0.15) is 4.68 Å². The van der Waals surface area contributed by atoms with Crippen molar-refractivity contribution in [3.05, 3.63) is 77.6 Å². The molecule has 0 fully saturated rings. The Kier molecular flexibility index (Phi) is 3.84. The zero-order valence-electron chi connectivity index (χ0n) is 12.6. The van der Waals surface area contributed by atoms with Gasteiger partial charge in [-0.25, -0.2) is 0 Å². The van der Waals surface area contributed by atoms with Gasteiger partial charge in [0.25, 0.3) is 0 Å². The van der Waals surface area contributed by atoms with Gasteiger partial charge in [-0.15, -0.1) is 5.10 Å². The smallest absolute Gasteiger partial charge is 0.194 e. The number of nitrogens with zero attached hydrogens (tertiary/aromatic N) is 4. The summed E-state index contributed by atoms with van der Waals surface area (Å²) in [4.78, 5) is 0. The summed E-state index contributed by atoms with van der Waals surface area (Å²) in [5.41, 5.74) is 0.891. The van der Waals surface area contributed by atoms with Crippen molar-refractivity contribution in [2.45, 2.75) is 6.61 Å². The van der Waals surface area contributed by atoms with Crippen LogP contribution in [0.15, 0.2) is 66.7 Å². The Hall–Kier alpha value is -2.92. The Bertz CT molecular complexity index is 985. The van der Waals surface area contributed by atoms with Gasteiger partial charge in [-0.3, -0.25) is 0 Å². The monoisotopic (exact) mass is 336 g/mol. The summed E-state index contributed by atoms with van der Waals surface area (Å²) in [6.07, 6.45) is 0. The van der Waals surface area contributed by atoms with E-state index in [-0.39, 0.29) is 6.61 Å². The van der Waals surface area contributed by atoms with Gasteiger partial charge in [0.05, 0.1) is 5.69 Å². The van der Waals surface area contributed by atoms with E-state index in [9.17, 15) is 0 Å². The predicted octanol–water partition coefficient (Wildman–Crippen LogP) is 4.05. The van der Waals surface area contributed by atoms with Crippen LogP contribution in [0.2, 0.25) is 5.02 Å². The quantitative estimate of drug-likeness (QED) is 0.564. The normalized spacial score (nSPS) is 10.9. The van der Waals surface area contributed by atoms with Crippen molar-refractivity contribution >= 4 is 22.4 Å². The highest BCUT2D eigenvalue weighted by Gasteiger charge is 2.11. The van der Waals surface area contributed by atoms with Gasteiger partial charge in [0.15, 0.2) is 5.82 Å². The van der Waals surface area contributed by atoms with Crippen molar-refractivity contribution in [2.24, 2.45) is 0 Å². The van der Waals surface area contributed by atoms with E-state index in [0.29, 0.717) is 10.8 Å². The molecule has 0 bridgehead atoms. The van der Waals surface area contributed by atoms with Crippen LogP contribution in [0, 0.1) is 0 Å². The summed E-state index contributed by atoms with van der Waals surface area (Å²) in [5.74, 6) is 1.37. The number of hydrogen-bond acceptors (Lipinski definition) is 4. The first-order chi connectivity index (χ1) is 11.8. The molecular formula is C18H13ClN4O. The van der Waals surface area contributed by atoms with Crippen LogP contribution in [-0.2, 0) is 6.61 Å². The second kappa shape index (κ2) is 6.29. The molecule has 1 aromatic heterocycles. The zero-order chi connectivity index (χ0) is 16.4. The lowest BCUT2D eigenvalue weighted by atomic mass is 10.1. The van der Waals surface area contributed by atoms with E-state index in [1.54, 1.807) is 4.68 Å². The standard InChI is InChI=1S/C18H13ClN4O/c19-16-10-11-17(15-9-5-4-8-14(15)16)24-12-18-20-21-22-23(18)13-6-2-1-3-7-13/h1-11H,12H2. The van der Waals surface area contributed by atoms with Crippen LogP contribution in [0.1, 0.15) is 5.82 Å². The van der Waals surface area contributed by atoms with Crippen LogP contribution < -0.4 is 4.74 Å². The molecule has 118 valence electrons. The Labute approximate surface area is 143 Å². The lowest BCUT2D eigenvalue weighted by Gasteiger charge is -2.10. The molecule has 1 heterocycles. The fourth-order valence-corrected chi connectivity index (χ4v) is 2.80. The van der Waals surface area contributed by atoms with Gasteiger partial charge < -0.3 is 4.74 Å². The molecule has 0 unspecified atom stereocenters. The molecule has 0 N–H and O–H groups in total. The highest BCUT2D eigenvalue weighted by molar-refractivity contribution is 6.35. The van der Waals surface area contributed by atoms with Crippen LogP contribution in [0.5, 0.6) is 5.75 Å². The second-order valence-corrected chi connectivity index (χ2v) is 5.63. The molecule has 0 aliphatic rings. The first-order valence-corrected chi connectivity index (χ1v) is 7.83. The lowest BCUT2D eigenvalue weighted by Crippen LogP contribution is -2.07. The second-order valence-electron chi connectivity index (χ2n) is 5.22. The molecule has 6 heteroatoms. The van der Waals surface area contributed by atoms with Gasteiger partial charge in [0.2, 0.25) is 0 Å². The van der Waals surface area contributed by atoms with Gasteiger partial charge in [0.1, 0.15) is 12.4 Å². The van der Waals surface area contributed by atoms with Crippen molar-refractivity contribution in [1.29, 1.82) is 0 Å². The van der Waals surface area contributed by atoms with E-state index in [1.165, 1.54) is 0 Å². The third kappa shape index (κ3) is 2.70. The van der Waals surface area contributed by atoms with Crippen LogP contribution in [0.25, 0.3) is 16.5 Å². The van der Waals surface area contributed by atoms with E-state index in [0.717, 1.165) is 22.2 Å². The van der Waals surface area contributed by atoms with Crippen LogP contribution in [0.4, 0.5) is 0 Å². The zero-order valence-corrected chi connectivity index (χ0v) is 13.4. The number of benzene rings is 3. The van der Waals surface area contributed by atoms with Crippen molar-refractivity contribution in [3.63, 3.8) is 0 Å². The molecule has 5 nitrogen and oxygen atoms in total. The third-order valence-electron chi connectivity index (χ3n) is 3.72.